The first-order valence-corrected chi connectivity index (χ1v) is 6.30. The van der Waals surface area contributed by atoms with Crippen molar-refractivity contribution in [1.82, 2.24) is 0 Å². The average molecular weight is 264 g/mol. The molecule has 0 fully saturated rings. The first-order valence-electron chi connectivity index (χ1n) is 6.30. The van der Waals surface area contributed by atoms with E-state index in [0.717, 1.165) is 11.3 Å². The Morgan fingerprint density at radius 1 is 1.26 bits per heavy atom. The topological polar surface area (TPSA) is 44.8 Å². The molecular weight excluding hydrogens is 244 g/mol. The molecular formula is C15H20O4. The number of ether oxygens (including phenoxy) is 3. The highest BCUT2D eigenvalue weighted by Gasteiger charge is 1.95. The molecule has 104 valence electrons. The third-order valence-corrected chi connectivity index (χ3v) is 2.40. The number of carbonyl (C=O) groups is 1. The Balaban J connectivity index is 2.15. The smallest absolute Gasteiger partial charge is 0.330 e. The monoisotopic (exact) mass is 264 g/mol. The predicted molar refractivity (Wildman–Crippen MR) is 73.0 cm³/mol. The summed E-state index contributed by atoms with van der Waals surface area (Å²) in [6.45, 7) is 3.31. The molecule has 0 aliphatic carbocycles. The Hall–Kier alpha value is -1.81. The van der Waals surface area contributed by atoms with Crippen LogP contribution in [0.5, 0.6) is 5.75 Å². The maximum Gasteiger partial charge on any atom is 0.330 e. The van der Waals surface area contributed by atoms with E-state index in [4.69, 9.17) is 14.2 Å². The lowest BCUT2D eigenvalue weighted by atomic mass is 10.2. The molecule has 0 spiro atoms. The van der Waals surface area contributed by atoms with Crippen LogP contribution in [0.3, 0.4) is 0 Å². The molecule has 4 heteroatoms. The molecule has 0 radical (unpaired) electrons. The van der Waals surface area contributed by atoms with Crippen LogP contribution in [0.4, 0.5) is 0 Å². The first-order chi connectivity index (χ1) is 9.26. The molecule has 0 aliphatic rings. The largest absolute Gasteiger partial charge is 0.497 e. The predicted octanol–water partition coefficient (Wildman–Crippen LogP) is 2.72. The van der Waals surface area contributed by atoms with Gasteiger partial charge in [0.25, 0.3) is 0 Å². The Kier molecular flexibility index (Phi) is 7.35. The van der Waals surface area contributed by atoms with Crippen molar-refractivity contribution in [1.29, 1.82) is 0 Å². The van der Waals surface area contributed by atoms with Crippen LogP contribution in [-0.4, -0.2) is 26.3 Å². The quantitative estimate of drug-likeness (QED) is 0.411. The summed E-state index contributed by atoms with van der Waals surface area (Å²) in [6, 6.07) is 7.74. The average Bonchev–Trinajstić information content (AvgIpc) is 2.43. The number of benzene rings is 1. The summed E-state index contributed by atoms with van der Waals surface area (Å²) in [5.41, 5.74) is 1.09. The molecule has 0 heterocycles. The minimum Gasteiger partial charge on any atom is -0.497 e. The van der Waals surface area contributed by atoms with Crippen LogP contribution < -0.4 is 4.74 Å². The maximum absolute atomic E-state index is 11.0. The van der Waals surface area contributed by atoms with Crippen molar-refractivity contribution in [2.75, 3.05) is 20.3 Å². The zero-order valence-corrected chi connectivity index (χ0v) is 11.4. The van der Waals surface area contributed by atoms with E-state index in [1.54, 1.807) is 20.1 Å². The fourth-order valence-electron chi connectivity index (χ4n) is 1.43. The standard InChI is InChI=1S/C15H20O4/c1-3-19-15(16)6-4-5-11-18-12-13-7-9-14(17-2)10-8-13/h4,6-10H,3,5,11-12H2,1-2H3. The van der Waals surface area contributed by atoms with Crippen LogP contribution in [0.25, 0.3) is 0 Å². The Bertz CT molecular complexity index is 395. The molecule has 19 heavy (non-hydrogen) atoms. The van der Waals surface area contributed by atoms with E-state index < -0.39 is 0 Å². The van der Waals surface area contributed by atoms with Gasteiger partial charge in [0.05, 0.1) is 26.9 Å². The summed E-state index contributed by atoms with van der Waals surface area (Å²) >= 11 is 0. The summed E-state index contributed by atoms with van der Waals surface area (Å²) in [5, 5.41) is 0. The summed E-state index contributed by atoms with van der Waals surface area (Å²) in [4.78, 5) is 11.0. The molecule has 1 aromatic rings. The van der Waals surface area contributed by atoms with Crippen molar-refractivity contribution in [3.05, 3.63) is 42.0 Å². The normalized spacial score (nSPS) is 10.6. The second-order valence-corrected chi connectivity index (χ2v) is 3.84. The van der Waals surface area contributed by atoms with Crippen molar-refractivity contribution in [3.63, 3.8) is 0 Å². The summed E-state index contributed by atoms with van der Waals surface area (Å²) in [5.74, 6) is 0.527. The van der Waals surface area contributed by atoms with Gasteiger partial charge in [-0.25, -0.2) is 4.79 Å². The second kappa shape index (κ2) is 9.16. The molecule has 0 bridgehead atoms. The van der Waals surface area contributed by atoms with E-state index in [1.165, 1.54) is 6.08 Å². The minimum atomic E-state index is -0.308. The van der Waals surface area contributed by atoms with Crippen molar-refractivity contribution >= 4 is 5.97 Å². The van der Waals surface area contributed by atoms with Gasteiger partial charge in [-0.05, 0) is 31.0 Å². The summed E-state index contributed by atoms with van der Waals surface area (Å²) < 4.78 is 15.3. The van der Waals surface area contributed by atoms with Gasteiger partial charge >= 0.3 is 5.97 Å². The molecule has 0 amide bonds. The molecule has 0 atom stereocenters. The van der Waals surface area contributed by atoms with Gasteiger partial charge in [-0.1, -0.05) is 18.2 Å². The summed E-state index contributed by atoms with van der Waals surface area (Å²) in [7, 11) is 1.64. The molecule has 0 saturated heterocycles. The summed E-state index contributed by atoms with van der Waals surface area (Å²) in [6.07, 6.45) is 3.88. The van der Waals surface area contributed by atoms with Gasteiger partial charge in [-0.3, -0.25) is 0 Å². The van der Waals surface area contributed by atoms with Crippen LogP contribution in [0.1, 0.15) is 18.9 Å². The Labute approximate surface area is 114 Å². The zero-order valence-electron chi connectivity index (χ0n) is 11.4. The molecule has 1 aromatic carbocycles. The van der Waals surface area contributed by atoms with Gasteiger partial charge in [0.15, 0.2) is 0 Å². The van der Waals surface area contributed by atoms with E-state index in [9.17, 15) is 4.79 Å². The van der Waals surface area contributed by atoms with Gasteiger partial charge in [-0.15, -0.1) is 0 Å². The minimum absolute atomic E-state index is 0.308. The number of carbonyl (C=O) groups excluding carboxylic acids is 1. The molecule has 0 saturated carbocycles. The molecule has 0 aliphatic heterocycles. The third-order valence-electron chi connectivity index (χ3n) is 2.40. The van der Waals surface area contributed by atoms with Crippen LogP contribution in [0, 0.1) is 0 Å². The van der Waals surface area contributed by atoms with Gasteiger partial charge in [0.2, 0.25) is 0 Å². The molecule has 0 aromatic heterocycles. The van der Waals surface area contributed by atoms with Crippen molar-refractivity contribution in [2.24, 2.45) is 0 Å². The molecule has 0 N–H and O–H groups in total. The maximum atomic E-state index is 11.0. The number of methoxy groups -OCH3 is 1. The van der Waals surface area contributed by atoms with Crippen LogP contribution in [-0.2, 0) is 20.9 Å². The highest BCUT2D eigenvalue weighted by Crippen LogP contribution is 2.11. The lowest BCUT2D eigenvalue weighted by molar-refractivity contribution is -0.137. The number of rotatable bonds is 8. The van der Waals surface area contributed by atoms with E-state index in [-0.39, 0.29) is 5.97 Å². The van der Waals surface area contributed by atoms with Crippen molar-refractivity contribution in [2.45, 2.75) is 20.0 Å². The second-order valence-electron chi connectivity index (χ2n) is 3.84. The van der Waals surface area contributed by atoms with E-state index in [2.05, 4.69) is 0 Å². The zero-order chi connectivity index (χ0) is 13.9. The molecule has 4 nitrogen and oxygen atoms in total. The number of esters is 1. The van der Waals surface area contributed by atoms with Gasteiger partial charge in [0, 0.05) is 6.08 Å². The van der Waals surface area contributed by atoms with Crippen molar-refractivity contribution in [3.8, 4) is 5.75 Å². The fraction of sp³-hybridized carbons (Fsp3) is 0.400. The lowest BCUT2D eigenvalue weighted by Crippen LogP contribution is -1.99. The van der Waals surface area contributed by atoms with Crippen LogP contribution >= 0.6 is 0 Å². The van der Waals surface area contributed by atoms with Crippen LogP contribution in [0.2, 0.25) is 0 Å². The van der Waals surface area contributed by atoms with Gasteiger partial charge in [-0.2, -0.15) is 0 Å². The molecule has 1 rings (SSSR count). The Morgan fingerprint density at radius 3 is 2.63 bits per heavy atom. The van der Waals surface area contributed by atoms with Gasteiger partial charge in [0.1, 0.15) is 5.75 Å². The fourth-order valence-corrected chi connectivity index (χ4v) is 1.43. The lowest BCUT2D eigenvalue weighted by Gasteiger charge is -2.04. The molecule has 0 unspecified atom stereocenters. The van der Waals surface area contributed by atoms with Crippen LogP contribution in [0.15, 0.2) is 36.4 Å². The van der Waals surface area contributed by atoms with Gasteiger partial charge < -0.3 is 14.2 Å². The third kappa shape index (κ3) is 6.62. The highest BCUT2D eigenvalue weighted by atomic mass is 16.5. The van der Waals surface area contributed by atoms with E-state index >= 15 is 0 Å². The van der Waals surface area contributed by atoms with E-state index in [0.29, 0.717) is 26.2 Å². The Morgan fingerprint density at radius 2 is 2.00 bits per heavy atom. The highest BCUT2D eigenvalue weighted by molar-refractivity contribution is 5.81. The van der Waals surface area contributed by atoms with E-state index in [1.807, 2.05) is 24.3 Å². The number of hydrogen-bond acceptors (Lipinski definition) is 4. The first kappa shape index (κ1) is 15.2. The van der Waals surface area contributed by atoms with Crippen molar-refractivity contribution < 1.29 is 19.0 Å². The number of hydrogen-bond donors (Lipinski definition) is 0. The SMILES string of the molecule is CCOC(=O)C=CCCOCc1ccc(OC)cc1.